The first-order chi connectivity index (χ1) is 12.6. The second kappa shape index (κ2) is 6.77. The fourth-order valence-electron chi connectivity index (χ4n) is 2.71. The molecule has 0 saturated heterocycles. The normalized spacial score (nSPS) is 13.3. The number of anilines is 1. The Labute approximate surface area is 163 Å². The van der Waals surface area contributed by atoms with Gasteiger partial charge in [0.2, 0.25) is 5.16 Å². The number of aryl methyl sites for hydroxylation is 1. The lowest BCUT2D eigenvalue weighted by Gasteiger charge is -2.15. The smallest absolute Gasteiger partial charge is 0.212 e. The van der Waals surface area contributed by atoms with Crippen LogP contribution in [0.1, 0.15) is 11.1 Å². The van der Waals surface area contributed by atoms with Crippen molar-refractivity contribution in [3.8, 4) is 17.1 Å². The number of aromatic nitrogens is 3. The molecular formula is C18H16BrN5OS. The van der Waals surface area contributed by atoms with Crippen molar-refractivity contribution < 1.29 is 4.74 Å². The van der Waals surface area contributed by atoms with E-state index >= 15 is 0 Å². The molecule has 0 atom stereocenters. The fraction of sp³-hybridized carbons (Fsp3) is 0.167. The highest BCUT2D eigenvalue weighted by Crippen LogP contribution is 2.35. The van der Waals surface area contributed by atoms with Gasteiger partial charge in [0.05, 0.1) is 18.4 Å². The van der Waals surface area contributed by atoms with E-state index in [2.05, 4.69) is 26.1 Å². The summed E-state index contributed by atoms with van der Waals surface area (Å²) in [6.07, 6.45) is 0. The Bertz CT molecular complexity index is 1030. The van der Waals surface area contributed by atoms with Gasteiger partial charge >= 0.3 is 0 Å². The number of fused-ring (bicyclic) bond motifs is 1. The Kier molecular flexibility index (Phi) is 4.46. The van der Waals surface area contributed by atoms with Crippen LogP contribution in [0.3, 0.4) is 0 Å². The highest BCUT2D eigenvalue weighted by Gasteiger charge is 2.22. The first-order valence-corrected chi connectivity index (χ1v) is 9.71. The Balaban J connectivity index is 1.82. The molecular weight excluding hydrogens is 414 g/mol. The van der Waals surface area contributed by atoms with Gasteiger partial charge in [-0.3, -0.25) is 0 Å². The SMILES string of the molecule is COc1cc(Br)ccc1-c1nnc2n1N=C(c1ccc(C)c(N)c1)CS2. The molecule has 1 aliphatic heterocycles. The van der Waals surface area contributed by atoms with E-state index in [1.807, 2.05) is 43.3 Å². The van der Waals surface area contributed by atoms with Crippen LogP contribution in [0.2, 0.25) is 0 Å². The number of ether oxygens (including phenoxy) is 1. The van der Waals surface area contributed by atoms with Gasteiger partial charge in [0.1, 0.15) is 5.75 Å². The van der Waals surface area contributed by atoms with Crippen LogP contribution in [0, 0.1) is 6.92 Å². The van der Waals surface area contributed by atoms with Gasteiger partial charge < -0.3 is 10.5 Å². The number of nitrogen functional groups attached to an aromatic ring is 1. The third-order valence-corrected chi connectivity index (χ3v) is 5.61. The van der Waals surface area contributed by atoms with Crippen molar-refractivity contribution in [1.82, 2.24) is 14.9 Å². The number of hydrogen-bond donors (Lipinski definition) is 1. The van der Waals surface area contributed by atoms with Crippen LogP contribution in [0.4, 0.5) is 5.69 Å². The molecule has 1 aliphatic rings. The monoisotopic (exact) mass is 429 g/mol. The number of methoxy groups -OCH3 is 1. The van der Waals surface area contributed by atoms with Gasteiger partial charge in [-0.2, -0.15) is 9.78 Å². The Morgan fingerprint density at radius 3 is 2.81 bits per heavy atom. The molecule has 0 saturated carbocycles. The van der Waals surface area contributed by atoms with Crippen molar-refractivity contribution in [2.75, 3.05) is 18.6 Å². The summed E-state index contributed by atoms with van der Waals surface area (Å²) in [4.78, 5) is 0. The zero-order valence-electron chi connectivity index (χ0n) is 14.2. The summed E-state index contributed by atoms with van der Waals surface area (Å²) >= 11 is 5.06. The third kappa shape index (κ3) is 2.99. The Morgan fingerprint density at radius 2 is 2.04 bits per heavy atom. The van der Waals surface area contributed by atoms with Gasteiger partial charge in [0.25, 0.3) is 0 Å². The molecule has 2 aromatic carbocycles. The van der Waals surface area contributed by atoms with Crippen LogP contribution in [-0.2, 0) is 0 Å². The molecule has 0 aliphatic carbocycles. The van der Waals surface area contributed by atoms with Crippen molar-refractivity contribution in [1.29, 1.82) is 0 Å². The number of rotatable bonds is 3. The summed E-state index contributed by atoms with van der Waals surface area (Å²) in [5.74, 6) is 2.08. The number of thioether (sulfide) groups is 1. The molecule has 0 bridgehead atoms. The van der Waals surface area contributed by atoms with Crippen molar-refractivity contribution in [3.05, 3.63) is 52.0 Å². The number of nitrogens with two attached hydrogens (primary N) is 1. The van der Waals surface area contributed by atoms with Crippen LogP contribution in [0.15, 0.2) is 51.1 Å². The summed E-state index contributed by atoms with van der Waals surface area (Å²) in [7, 11) is 1.64. The maximum Gasteiger partial charge on any atom is 0.212 e. The van der Waals surface area contributed by atoms with Crippen LogP contribution in [0.5, 0.6) is 5.75 Å². The molecule has 6 nitrogen and oxygen atoms in total. The maximum absolute atomic E-state index is 6.06. The predicted octanol–water partition coefficient (Wildman–Crippen LogP) is 3.96. The summed E-state index contributed by atoms with van der Waals surface area (Å²) in [5.41, 5.74) is 10.7. The zero-order valence-corrected chi connectivity index (χ0v) is 16.6. The lowest BCUT2D eigenvalue weighted by Crippen LogP contribution is -2.14. The van der Waals surface area contributed by atoms with Crippen LogP contribution < -0.4 is 10.5 Å². The highest BCUT2D eigenvalue weighted by atomic mass is 79.9. The van der Waals surface area contributed by atoms with Crippen molar-refractivity contribution >= 4 is 39.1 Å². The largest absolute Gasteiger partial charge is 0.496 e. The number of nitrogens with zero attached hydrogens (tertiary/aromatic N) is 4. The van der Waals surface area contributed by atoms with Crippen molar-refractivity contribution in [2.45, 2.75) is 12.1 Å². The lowest BCUT2D eigenvalue weighted by molar-refractivity contribution is 0.415. The molecule has 3 aromatic rings. The van der Waals surface area contributed by atoms with Gasteiger partial charge in [-0.1, -0.05) is 39.8 Å². The molecule has 132 valence electrons. The van der Waals surface area contributed by atoms with Crippen molar-refractivity contribution in [3.63, 3.8) is 0 Å². The summed E-state index contributed by atoms with van der Waals surface area (Å²) in [6, 6.07) is 11.8. The number of benzene rings is 2. The minimum Gasteiger partial charge on any atom is -0.496 e. The maximum atomic E-state index is 6.06. The van der Waals surface area contributed by atoms with E-state index in [0.717, 1.165) is 43.5 Å². The number of halogens is 1. The van der Waals surface area contributed by atoms with E-state index in [4.69, 9.17) is 15.6 Å². The first kappa shape index (κ1) is 17.1. The van der Waals surface area contributed by atoms with Gasteiger partial charge in [-0.25, -0.2) is 0 Å². The summed E-state index contributed by atoms with van der Waals surface area (Å²) in [6.45, 7) is 1.99. The molecule has 4 rings (SSSR count). The molecule has 26 heavy (non-hydrogen) atoms. The van der Waals surface area contributed by atoms with Crippen LogP contribution in [-0.4, -0.2) is 33.4 Å². The van der Waals surface area contributed by atoms with Gasteiger partial charge in [-0.15, -0.1) is 10.2 Å². The molecule has 0 amide bonds. The molecule has 8 heteroatoms. The number of hydrogen-bond acceptors (Lipinski definition) is 6. The average molecular weight is 430 g/mol. The molecule has 1 aromatic heterocycles. The van der Waals surface area contributed by atoms with Gasteiger partial charge in [0.15, 0.2) is 5.82 Å². The van der Waals surface area contributed by atoms with Crippen LogP contribution in [0.25, 0.3) is 11.4 Å². The van der Waals surface area contributed by atoms with Gasteiger partial charge in [0, 0.05) is 21.5 Å². The molecule has 0 unspecified atom stereocenters. The molecule has 0 fully saturated rings. The minimum absolute atomic E-state index is 0.647. The van der Waals surface area contributed by atoms with Crippen LogP contribution >= 0.6 is 27.7 Å². The average Bonchev–Trinajstić information content (AvgIpc) is 3.07. The van der Waals surface area contributed by atoms with Gasteiger partial charge in [-0.05, 0) is 36.8 Å². The quantitative estimate of drug-likeness (QED) is 0.637. The fourth-order valence-corrected chi connectivity index (χ4v) is 3.89. The summed E-state index contributed by atoms with van der Waals surface area (Å²) in [5, 5.41) is 14.1. The first-order valence-electron chi connectivity index (χ1n) is 7.93. The Morgan fingerprint density at radius 1 is 1.19 bits per heavy atom. The van der Waals surface area contributed by atoms with Crippen molar-refractivity contribution in [2.24, 2.45) is 5.10 Å². The van der Waals surface area contributed by atoms with E-state index in [9.17, 15) is 0 Å². The third-order valence-electron chi connectivity index (χ3n) is 4.19. The zero-order chi connectivity index (χ0) is 18.3. The summed E-state index contributed by atoms with van der Waals surface area (Å²) < 4.78 is 8.20. The van der Waals surface area contributed by atoms with E-state index in [-0.39, 0.29) is 0 Å². The lowest BCUT2D eigenvalue weighted by atomic mass is 10.1. The second-order valence-corrected chi connectivity index (χ2v) is 7.73. The predicted molar refractivity (Wildman–Crippen MR) is 108 cm³/mol. The highest BCUT2D eigenvalue weighted by molar-refractivity contribution is 9.10. The van der Waals surface area contributed by atoms with E-state index < -0.39 is 0 Å². The van der Waals surface area contributed by atoms with E-state index in [0.29, 0.717) is 11.6 Å². The van der Waals surface area contributed by atoms with E-state index in [1.165, 1.54) is 0 Å². The Hall–Kier alpha value is -2.32. The molecule has 0 spiro atoms. The molecule has 2 heterocycles. The second-order valence-electron chi connectivity index (χ2n) is 5.87. The molecule has 0 radical (unpaired) electrons. The van der Waals surface area contributed by atoms with E-state index in [1.54, 1.807) is 23.5 Å². The minimum atomic E-state index is 0.647. The molecule has 2 N–H and O–H groups in total. The standard InChI is InChI=1S/C18H16BrN5OS/c1-10-3-4-11(7-14(10)20)15-9-26-18-22-21-17(24(18)23-15)13-6-5-12(19)8-16(13)25-2/h3-8H,9,20H2,1-2H3. The topological polar surface area (TPSA) is 78.3 Å².